The van der Waals surface area contributed by atoms with E-state index < -0.39 is 5.97 Å². The number of carbonyl (C=O) groups is 1. The van der Waals surface area contributed by atoms with Crippen molar-refractivity contribution in [2.45, 2.75) is 20.8 Å². The van der Waals surface area contributed by atoms with E-state index >= 15 is 0 Å². The molecular formula is C13H12BrNO2S. The molecule has 0 fully saturated rings. The first-order valence-electron chi connectivity index (χ1n) is 5.38. The third-order valence-corrected chi connectivity index (χ3v) is 4.57. The molecule has 0 saturated heterocycles. The number of hydrogen-bond donors (Lipinski definition) is 1. The van der Waals surface area contributed by atoms with Gasteiger partial charge in [-0.1, -0.05) is 17.7 Å². The smallest absolute Gasteiger partial charge is 0.348 e. The van der Waals surface area contributed by atoms with Crippen LogP contribution in [0.2, 0.25) is 0 Å². The second kappa shape index (κ2) is 4.82. The lowest BCUT2D eigenvalue weighted by atomic mass is 10.0. The van der Waals surface area contributed by atoms with Crippen molar-refractivity contribution in [1.82, 2.24) is 4.98 Å². The maximum absolute atomic E-state index is 11.0. The van der Waals surface area contributed by atoms with E-state index in [2.05, 4.69) is 33.0 Å². The van der Waals surface area contributed by atoms with Crippen LogP contribution in [0.1, 0.15) is 26.4 Å². The molecule has 2 aromatic rings. The predicted octanol–water partition coefficient (Wildman–Crippen LogP) is 4.20. The van der Waals surface area contributed by atoms with Crippen LogP contribution in [-0.4, -0.2) is 16.1 Å². The molecule has 0 atom stereocenters. The number of aromatic carboxylic acids is 1. The largest absolute Gasteiger partial charge is 0.477 e. The first kappa shape index (κ1) is 13.2. The number of rotatable bonds is 2. The van der Waals surface area contributed by atoms with E-state index in [0.29, 0.717) is 4.60 Å². The van der Waals surface area contributed by atoms with E-state index in [1.165, 1.54) is 16.9 Å². The summed E-state index contributed by atoms with van der Waals surface area (Å²) in [7, 11) is 0. The minimum Gasteiger partial charge on any atom is -0.477 e. The highest BCUT2D eigenvalue weighted by atomic mass is 79.9. The summed E-state index contributed by atoms with van der Waals surface area (Å²) in [6.07, 6.45) is 0. The number of aryl methyl sites for hydroxylation is 3. The molecule has 2 rings (SSSR count). The zero-order valence-corrected chi connectivity index (χ0v) is 12.6. The number of thiazole rings is 1. The van der Waals surface area contributed by atoms with Gasteiger partial charge in [-0.15, -0.1) is 11.3 Å². The van der Waals surface area contributed by atoms with E-state index in [-0.39, 0.29) is 4.88 Å². The van der Waals surface area contributed by atoms with Crippen LogP contribution >= 0.6 is 27.3 Å². The molecule has 1 N–H and O–H groups in total. The minimum atomic E-state index is -0.951. The second-order valence-electron chi connectivity index (χ2n) is 4.22. The van der Waals surface area contributed by atoms with Crippen molar-refractivity contribution >= 4 is 33.2 Å². The number of nitrogens with zero attached hydrogens (tertiary/aromatic N) is 1. The van der Waals surface area contributed by atoms with Crippen LogP contribution in [0.15, 0.2) is 16.7 Å². The minimum absolute atomic E-state index is 0.240. The summed E-state index contributed by atoms with van der Waals surface area (Å²) in [6, 6.07) is 4.16. The van der Waals surface area contributed by atoms with Gasteiger partial charge in [-0.2, -0.15) is 0 Å². The van der Waals surface area contributed by atoms with Gasteiger partial charge in [0.15, 0.2) is 0 Å². The van der Waals surface area contributed by atoms with Gasteiger partial charge in [0, 0.05) is 5.56 Å². The van der Waals surface area contributed by atoms with Gasteiger partial charge in [-0.3, -0.25) is 0 Å². The molecule has 1 aromatic carbocycles. The number of carboxylic acids is 1. The lowest BCUT2D eigenvalue weighted by molar-refractivity contribution is 0.0701. The standard InChI is InChI=1S/C13H12BrNO2S/c1-6-4-7(2)9(8(3)5-6)12-15-11(14)10(18-12)13(16)17/h4-5H,1-3H3,(H,16,17). The summed E-state index contributed by atoms with van der Waals surface area (Å²) in [6.45, 7) is 6.08. The van der Waals surface area contributed by atoms with Gasteiger partial charge in [-0.05, 0) is 47.8 Å². The molecular weight excluding hydrogens is 314 g/mol. The Labute approximate surface area is 118 Å². The molecule has 1 aromatic heterocycles. The van der Waals surface area contributed by atoms with Crippen molar-refractivity contribution in [2.75, 3.05) is 0 Å². The highest BCUT2D eigenvalue weighted by Crippen LogP contribution is 2.35. The Morgan fingerprint density at radius 2 is 1.83 bits per heavy atom. The zero-order chi connectivity index (χ0) is 13.4. The van der Waals surface area contributed by atoms with E-state index in [0.717, 1.165) is 21.7 Å². The molecule has 0 unspecified atom stereocenters. The lowest BCUT2D eigenvalue weighted by Crippen LogP contribution is -1.91. The molecule has 0 spiro atoms. The Morgan fingerprint density at radius 3 is 2.28 bits per heavy atom. The monoisotopic (exact) mass is 325 g/mol. The van der Waals surface area contributed by atoms with E-state index in [4.69, 9.17) is 5.11 Å². The molecule has 0 aliphatic heterocycles. The Morgan fingerprint density at radius 1 is 1.28 bits per heavy atom. The van der Waals surface area contributed by atoms with Gasteiger partial charge < -0.3 is 5.11 Å². The van der Waals surface area contributed by atoms with Crippen molar-refractivity contribution in [3.8, 4) is 10.6 Å². The van der Waals surface area contributed by atoms with Crippen LogP contribution in [0, 0.1) is 20.8 Å². The first-order chi connectivity index (χ1) is 8.40. The Kier molecular flexibility index (Phi) is 3.54. The van der Waals surface area contributed by atoms with Crippen molar-refractivity contribution in [3.63, 3.8) is 0 Å². The zero-order valence-electron chi connectivity index (χ0n) is 10.2. The number of carboxylic acid groups (broad SMARTS) is 1. The molecule has 0 radical (unpaired) electrons. The second-order valence-corrected chi connectivity index (χ2v) is 5.97. The van der Waals surface area contributed by atoms with Crippen molar-refractivity contribution in [2.24, 2.45) is 0 Å². The number of halogens is 1. The molecule has 18 heavy (non-hydrogen) atoms. The highest BCUT2D eigenvalue weighted by Gasteiger charge is 2.18. The molecule has 0 saturated carbocycles. The van der Waals surface area contributed by atoms with Crippen LogP contribution in [0.25, 0.3) is 10.6 Å². The van der Waals surface area contributed by atoms with E-state index in [9.17, 15) is 4.79 Å². The molecule has 0 aliphatic carbocycles. The molecule has 0 amide bonds. The quantitative estimate of drug-likeness (QED) is 0.900. The van der Waals surface area contributed by atoms with Crippen molar-refractivity contribution in [3.05, 3.63) is 38.3 Å². The average Bonchev–Trinajstić information content (AvgIpc) is 2.58. The van der Waals surface area contributed by atoms with E-state index in [1.807, 2.05) is 20.8 Å². The summed E-state index contributed by atoms with van der Waals surface area (Å²) in [5.41, 5.74) is 4.46. The van der Waals surface area contributed by atoms with Gasteiger partial charge in [0.25, 0.3) is 0 Å². The third kappa shape index (κ3) is 2.33. The fourth-order valence-corrected chi connectivity index (χ4v) is 3.74. The van der Waals surface area contributed by atoms with Crippen molar-refractivity contribution in [1.29, 1.82) is 0 Å². The van der Waals surface area contributed by atoms with Gasteiger partial charge in [0.1, 0.15) is 14.5 Å². The molecule has 5 heteroatoms. The molecule has 1 heterocycles. The SMILES string of the molecule is Cc1cc(C)c(-c2nc(Br)c(C(=O)O)s2)c(C)c1. The van der Waals surface area contributed by atoms with Crippen LogP contribution in [0.3, 0.4) is 0 Å². The summed E-state index contributed by atoms with van der Waals surface area (Å²) >= 11 is 4.39. The van der Waals surface area contributed by atoms with Crippen LogP contribution in [0.5, 0.6) is 0 Å². The van der Waals surface area contributed by atoms with Gasteiger partial charge in [-0.25, -0.2) is 9.78 Å². The number of aromatic nitrogens is 1. The molecule has 0 bridgehead atoms. The van der Waals surface area contributed by atoms with Crippen LogP contribution in [0.4, 0.5) is 0 Å². The Hall–Kier alpha value is -1.20. The summed E-state index contributed by atoms with van der Waals surface area (Å²) in [5, 5.41) is 9.79. The fraction of sp³-hybridized carbons (Fsp3) is 0.231. The first-order valence-corrected chi connectivity index (χ1v) is 6.99. The molecule has 3 nitrogen and oxygen atoms in total. The lowest BCUT2D eigenvalue weighted by Gasteiger charge is -2.08. The molecule has 94 valence electrons. The normalized spacial score (nSPS) is 10.7. The maximum Gasteiger partial charge on any atom is 0.348 e. The number of benzene rings is 1. The number of hydrogen-bond acceptors (Lipinski definition) is 3. The predicted molar refractivity (Wildman–Crippen MR) is 76.4 cm³/mol. The highest BCUT2D eigenvalue weighted by molar-refractivity contribution is 9.10. The van der Waals surface area contributed by atoms with Crippen LogP contribution in [-0.2, 0) is 0 Å². The summed E-state index contributed by atoms with van der Waals surface area (Å²) in [4.78, 5) is 15.6. The fourth-order valence-electron chi connectivity index (χ4n) is 2.06. The summed E-state index contributed by atoms with van der Waals surface area (Å²) < 4.78 is 0.398. The van der Waals surface area contributed by atoms with Crippen molar-refractivity contribution < 1.29 is 9.90 Å². The third-order valence-electron chi connectivity index (χ3n) is 2.67. The summed E-state index contributed by atoms with van der Waals surface area (Å²) in [5.74, 6) is -0.951. The van der Waals surface area contributed by atoms with Gasteiger partial charge in [0.05, 0.1) is 0 Å². The Bertz CT molecular complexity index is 611. The van der Waals surface area contributed by atoms with Crippen LogP contribution < -0.4 is 0 Å². The van der Waals surface area contributed by atoms with Gasteiger partial charge in [0.2, 0.25) is 0 Å². The average molecular weight is 326 g/mol. The molecule has 0 aliphatic rings. The van der Waals surface area contributed by atoms with Gasteiger partial charge >= 0.3 is 5.97 Å². The topological polar surface area (TPSA) is 50.2 Å². The maximum atomic E-state index is 11.0. The Balaban J connectivity index is 2.63. The van der Waals surface area contributed by atoms with E-state index in [1.54, 1.807) is 0 Å².